The lowest BCUT2D eigenvalue weighted by atomic mass is 10.6. The number of hydrogen-bond donors (Lipinski definition) is 0. The molecule has 0 saturated carbocycles. The van der Waals surface area contributed by atoms with Crippen LogP contribution in [0, 0.1) is 13.8 Å². The smallest absolute Gasteiger partial charge is 0.0796 e. The second-order valence-corrected chi connectivity index (χ2v) is 3.01. The summed E-state index contributed by atoms with van der Waals surface area (Å²) in [4.78, 5) is 1.54. The minimum atomic E-state index is 0.961. The van der Waals surface area contributed by atoms with E-state index in [9.17, 15) is 0 Å². The standard InChI is InChI=1S/2C4H7N3/c1-4-3-7(2)6-5-4;1-4-3-5-7(2)6-4/h2*3H,1-2H3. The molecule has 0 unspecified atom stereocenters. The fourth-order valence-electron chi connectivity index (χ4n) is 0.910. The van der Waals surface area contributed by atoms with Crippen molar-refractivity contribution in [1.82, 2.24) is 30.0 Å². The van der Waals surface area contributed by atoms with Gasteiger partial charge in [-0.25, -0.2) is 0 Å². The maximum Gasteiger partial charge on any atom is 0.0796 e. The van der Waals surface area contributed by atoms with Gasteiger partial charge < -0.3 is 0 Å². The largest absolute Gasteiger partial charge is 0.255 e. The number of aryl methyl sites for hydroxylation is 4. The minimum absolute atomic E-state index is 0.961. The quantitative estimate of drug-likeness (QED) is 0.603. The lowest BCUT2D eigenvalue weighted by Crippen LogP contribution is -1.90. The Morgan fingerprint density at radius 2 is 1.86 bits per heavy atom. The van der Waals surface area contributed by atoms with Crippen molar-refractivity contribution < 1.29 is 0 Å². The first-order valence-electron chi connectivity index (χ1n) is 4.24. The van der Waals surface area contributed by atoms with Gasteiger partial charge in [0.15, 0.2) is 0 Å². The van der Waals surface area contributed by atoms with Crippen molar-refractivity contribution in [1.29, 1.82) is 0 Å². The molecule has 14 heavy (non-hydrogen) atoms. The van der Waals surface area contributed by atoms with E-state index in [0.29, 0.717) is 0 Å². The van der Waals surface area contributed by atoms with E-state index in [0.717, 1.165) is 11.4 Å². The number of hydrogen-bond acceptors (Lipinski definition) is 4. The van der Waals surface area contributed by atoms with Gasteiger partial charge in [-0.3, -0.25) is 4.68 Å². The highest BCUT2D eigenvalue weighted by Crippen LogP contribution is 1.82. The summed E-state index contributed by atoms with van der Waals surface area (Å²) in [7, 11) is 3.65. The predicted molar refractivity (Wildman–Crippen MR) is 51.5 cm³/mol. The Hall–Kier alpha value is -1.72. The van der Waals surface area contributed by atoms with E-state index in [-0.39, 0.29) is 0 Å². The molecule has 0 aliphatic rings. The molecule has 2 aromatic rings. The van der Waals surface area contributed by atoms with Crippen molar-refractivity contribution in [3.05, 3.63) is 23.8 Å². The van der Waals surface area contributed by atoms with Crippen LogP contribution in [0.1, 0.15) is 11.4 Å². The lowest BCUT2D eigenvalue weighted by Gasteiger charge is -1.77. The van der Waals surface area contributed by atoms with Crippen LogP contribution in [0.5, 0.6) is 0 Å². The molecule has 0 saturated heterocycles. The van der Waals surface area contributed by atoms with Gasteiger partial charge in [0, 0.05) is 20.3 Å². The normalized spacial score (nSPS) is 9.43. The molecule has 0 amide bonds. The maximum absolute atomic E-state index is 3.92. The van der Waals surface area contributed by atoms with Crippen molar-refractivity contribution in [3.63, 3.8) is 0 Å². The Labute approximate surface area is 82.5 Å². The van der Waals surface area contributed by atoms with Crippen molar-refractivity contribution in [2.45, 2.75) is 13.8 Å². The zero-order valence-corrected chi connectivity index (χ0v) is 8.84. The summed E-state index contributed by atoms with van der Waals surface area (Å²) in [6.45, 7) is 3.82. The molecule has 6 heteroatoms. The van der Waals surface area contributed by atoms with Gasteiger partial charge in [-0.15, -0.1) is 5.10 Å². The fourth-order valence-corrected chi connectivity index (χ4v) is 0.910. The van der Waals surface area contributed by atoms with E-state index in [4.69, 9.17) is 0 Å². The van der Waals surface area contributed by atoms with Gasteiger partial charge >= 0.3 is 0 Å². The summed E-state index contributed by atoms with van der Waals surface area (Å²) in [5.74, 6) is 0. The monoisotopic (exact) mass is 194 g/mol. The molecule has 0 aliphatic carbocycles. The first-order valence-corrected chi connectivity index (χ1v) is 4.24. The molecule has 2 heterocycles. The van der Waals surface area contributed by atoms with Crippen molar-refractivity contribution in [2.75, 3.05) is 0 Å². The molecule has 0 N–H and O–H groups in total. The summed E-state index contributed by atoms with van der Waals surface area (Å²) >= 11 is 0. The Bertz CT molecular complexity index is 317. The third-order valence-electron chi connectivity index (χ3n) is 1.43. The third kappa shape index (κ3) is 3.34. The van der Waals surface area contributed by atoms with E-state index in [1.54, 1.807) is 17.9 Å². The molecule has 0 aliphatic heterocycles. The molecule has 2 rings (SSSR count). The van der Waals surface area contributed by atoms with Crippen molar-refractivity contribution in [2.24, 2.45) is 14.1 Å². The van der Waals surface area contributed by atoms with Gasteiger partial charge in [0.05, 0.1) is 17.6 Å². The molecule has 76 valence electrons. The van der Waals surface area contributed by atoms with E-state index in [1.165, 1.54) is 4.80 Å². The van der Waals surface area contributed by atoms with E-state index in [1.807, 2.05) is 27.1 Å². The maximum atomic E-state index is 3.92. The summed E-state index contributed by atoms with van der Waals surface area (Å²) in [5.41, 5.74) is 1.92. The summed E-state index contributed by atoms with van der Waals surface area (Å²) < 4.78 is 1.68. The first kappa shape index (κ1) is 10.4. The summed E-state index contributed by atoms with van der Waals surface area (Å²) in [5, 5.41) is 15.2. The summed E-state index contributed by atoms with van der Waals surface area (Å²) in [6.07, 6.45) is 3.58. The second kappa shape index (κ2) is 4.50. The molecule has 0 spiro atoms. The molecular weight excluding hydrogens is 180 g/mol. The van der Waals surface area contributed by atoms with Crippen LogP contribution < -0.4 is 0 Å². The Morgan fingerprint density at radius 3 is 2.00 bits per heavy atom. The topological polar surface area (TPSA) is 61.4 Å². The van der Waals surface area contributed by atoms with E-state index in [2.05, 4.69) is 20.5 Å². The van der Waals surface area contributed by atoms with Crippen LogP contribution in [0.3, 0.4) is 0 Å². The van der Waals surface area contributed by atoms with Crippen LogP contribution in [0.15, 0.2) is 12.4 Å². The van der Waals surface area contributed by atoms with E-state index >= 15 is 0 Å². The van der Waals surface area contributed by atoms with Gasteiger partial charge in [0.1, 0.15) is 0 Å². The zero-order chi connectivity index (χ0) is 10.6. The van der Waals surface area contributed by atoms with Gasteiger partial charge in [-0.05, 0) is 13.8 Å². The van der Waals surface area contributed by atoms with Crippen LogP contribution in [0.25, 0.3) is 0 Å². The van der Waals surface area contributed by atoms with Crippen LogP contribution in [0.2, 0.25) is 0 Å². The van der Waals surface area contributed by atoms with Gasteiger partial charge in [-0.1, -0.05) is 5.21 Å². The number of aromatic nitrogens is 6. The SMILES string of the molecule is Cc1cn(C)nn1.Cc1cnn(C)n1. The molecule has 0 fully saturated rings. The predicted octanol–water partition coefficient (Wildman–Crippen LogP) is 0.247. The Balaban J connectivity index is 0.000000140. The van der Waals surface area contributed by atoms with Crippen LogP contribution in [-0.2, 0) is 14.1 Å². The highest BCUT2D eigenvalue weighted by molar-refractivity contribution is 4.85. The Kier molecular flexibility index (Phi) is 3.33. The average Bonchev–Trinajstić information content (AvgIpc) is 2.63. The molecule has 0 aromatic carbocycles. The lowest BCUT2D eigenvalue weighted by molar-refractivity contribution is 0.649. The van der Waals surface area contributed by atoms with Gasteiger partial charge in [-0.2, -0.15) is 15.0 Å². The first-order chi connectivity index (χ1) is 6.58. The molecule has 0 radical (unpaired) electrons. The summed E-state index contributed by atoms with van der Waals surface area (Å²) in [6, 6.07) is 0. The molecular formula is C8H14N6. The second-order valence-electron chi connectivity index (χ2n) is 3.01. The van der Waals surface area contributed by atoms with Crippen molar-refractivity contribution >= 4 is 0 Å². The minimum Gasteiger partial charge on any atom is -0.255 e. The highest BCUT2D eigenvalue weighted by Gasteiger charge is 1.84. The van der Waals surface area contributed by atoms with Crippen LogP contribution >= 0.6 is 0 Å². The molecule has 0 atom stereocenters. The highest BCUT2D eigenvalue weighted by atomic mass is 15.4. The molecule has 0 bridgehead atoms. The zero-order valence-electron chi connectivity index (χ0n) is 8.84. The van der Waals surface area contributed by atoms with Crippen LogP contribution in [0.4, 0.5) is 0 Å². The van der Waals surface area contributed by atoms with E-state index < -0.39 is 0 Å². The fraction of sp³-hybridized carbons (Fsp3) is 0.500. The third-order valence-corrected chi connectivity index (χ3v) is 1.43. The molecule has 6 nitrogen and oxygen atoms in total. The number of nitrogens with zero attached hydrogens (tertiary/aromatic N) is 6. The Morgan fingerprint density at radius 1 is 1.14 bits per heavy atom. The average molecular weight is 194 g/mol. The van der Waals surface area contributed by atoms with Gasteiger partial charge in [0.2, 0.25) is 0 Å². The van der Waals surface area contributed by atoms with Crippen molar-refractivity contribution in [3.8, 4) is 0 Å². The number of rotatable bonds is 0. The molecule has 2 aromatic heterocycles. The van der Waals surface area contributed by atoms with Crippen LogP contribution in [-0.4, -0.2) is 30.0 Å². The van der Waals surface area contributed by atoms with Gasteiger partial charge in [0.25, 0.3) is 0 Å².